The number of aromatic nitrogens is 1. The molecule has 1 N–H and O–H groups in total. The third-order valence-electron chi connectivity index (χ3n) is 6.71. The molecular formula is C27H30N4O. The number of benzene rings is 2. The molecule has 2 amide bonds. The number of pyridine rings is 1. The molecule has 0 aliphatic carbocycles. The third-order valence-corrected chi connectivity index (χ3v) is 6.71. The molecule has 0 saturated carbocycles. The van der Waals surface area contributed by atoms with E-state index in [1.807, 2.05) is 24.4 Å². The molecule has 0 bridgehead atoms. The summed E-state index contributed by atoms with van der Waals surface area (Å²) in [6, 6.07) is 25.4. The Morgan fingerprint density at radius 2 is 1.66 bits per heavy atom. The van der Waals surface area contributed by atoms with Gasteiger partial charge in [0.15, 0.2) is 0 Å². The van der Waals surface area contributed by atoms with Crippen molar-refractivity contribution in [3.63, 3.8) is 0 Å². The van der Waals surface area contributed by atoms with E-state index in [-0.39, 0.29) is 18.1 Å². The number of nitrogens with zero attached hydrogens (tertiary/aromatic N) is 3. The lowest BCUT2D eigenvalue weighted by atomic mass is 9.89. The normalized spacial score (nSPS) is 20.2. The quantitative estimate of drug-likeness (QED) is 0.673. The second-order valence-electron chi connectivity index (χ2n) is 8.73. The first-order chi connectivity index (χ1) is 15.8. The molecule has 2 aliphatic heterocycles. The van der Waals surface area contributed by atoms with Crippen LogP contribution in [0.2, 0.25) is 0 Å². The molecule has 164 valence electrons. The Balaban J connectivity index is 1.42. The fourth-order valence-electron chi connectivity index (χ4n) is 5.12. The lowest BCUT2D eigenvalue weighted by Gasteiger charge is -2.44. The number of carbonyl (C=O) groups is 1. The zero-order chi connectivity index (χ0) is 21.8. The first-order valence-corrected chi connectivity index (χ1v) is 11.6. The zero-order valence-corrected chi connectivity index (χ0v) is 18.4. The number of hydrogen-bond donors (Lipinski definition) is 1. The highest BCUT2D eigenvalue weighted by Gasteiger charge is 2.36. The van der Waals surface area contributed by atoms with Gasteiger partial charge in [0, 0.05) is 38.4 Å². The summed E-state index contributed by atoms with van der Waals surface area (Å²) in [5, 5.41) is 3.19. The summed E-state index contributed by atoms with van der Waals surface area (Å²) < 4.78 is 0. The SMILES string of the molecule is O=C1NCCc2ccccc2C(c2ccccc2)N1C1CCN(Cc2ccccn2)CC1. The van der Waals surface area contributed by atoms with Crippen molar-refractivity contribution in [2.24, 2.45) is 0 Å². The highest BCUT2D eigenvalue weighted by atomic mass is 16.2. The number of carbonyl (C=O) groups excluding carboxylic acids is 1. The number of piperidine rings is 1. The van der Waals surface area contributed by atoms with E-state index >= 15 is 0 Å². The first kappa shape index (κ1) is 20.7. The summed E-state index contributed by atoms with van der Waals surface area (Å²) in [6.45, 7) is 3.47. The predicted molar refractivity (Wildman–Crippen MR) is 126 cm³/mol. The van der Waals surface area contributed by atoms with Gasteiger partial charge >= 0.3 is 6.03 Å². The lowest BCUT2D eigenvalue weighted by molar-refractivity contribution is 0.0993. The molecule has 1 fully saturated rings. The molecule has 5 heteroatoms. The highest BCUT2D eigenvalue weighted by molar-refractivity contribution is 5.76. The van der Waals surface area contributed by atoms with Crippen LogP contribution in [0, 0.1) is 0 Å². The van der Waals surface area contributed by atoms with Gasteiger partial charge in [-0.3, -0.25) is 9.88 Å². The minimum atomic E-state index is -0.0694. The molecular weight excluding hydrogens is 396 g/mol. The van der Waals surface area contributed by atoms with Crippen LogP contribution in [0.4, 0.5) is 4.79 Å². The van der Waals surface area contributed by atoms with E-state index in [9.17, 15) is 4.79 Å². The second kappa shape index (κ2) is 9.53. The van der Waals surface area contributed by atoms with Crippen LogP contribution in [0.5, 0.6) is 0 Å². The van der Waals surface area contributed by atoms with Crippen molar-refractivity contribution >= 4 is 6.03 Å². The Morgan fingerprint density at radius 1 is 0.906 bits per heavy atom. The van der Waals surface area contributed by atoms with Crippen LogP contribution in [0.1, 0.15) is 41.3 Å². The van der Waals surface area contributed by atoms with Gasteiger partial charge in [-0.1, -0.05) is 60.7 Å². The summed E-state index contributed by atoms with van der Waals surface area (Å²) in [5.74, 6) is 0. The van der Waals surface area contributed by atoms with Crippen LogP contribution in [0.3, 0.4) is 0 Å². The summed E-state index contributed by atoms with van der Waals surface area (Å²) in [4.78, 5) is 22.5. The Kier molecular flexibility index (Phi) is 6.17. The van der Waals surface area contributed by atoms with Gasteiger partial charge in [-0.15, -0.1) is 0 Å². The second-order valence-corrected chi connectivity index (χ2v) is 8.73. The van der Waals surface area contributed by atoms with Gasteiger partial charge in [0.1, 0.15) is 0 Å². The fourth-order valence-corrected chi connectivity index (χ4v) is 5.12. The van der Waals surface area contributed by atoms with Crippen LogP contribution in [-0.4, -0.2) is 46.5 Å². The molecule has 0 radical (unpaired) electrons. The summed E-state index contributed by atoms with van der Waals surface area (Å²) in [7, 11) is 0. The van der Waals surface area contributed by atoms with Crippen molar-refractivity contribution in [1.29, 1.82) is 0 Å². The molecule has 5 rings (SSSR count). The minimum absolute atomic E-state index is 0.0523. The van der Waals surface area contributed by atoms with Gasteiger partial charge in [0.25, 0.3) is 0 Å². The Hall–Kier alpha value is -3.18. The van der Waals surface area contributed by atoms with Crippen LogP contribution < -0.4 is 5.32 Å². The Morgan fingerprint density at radius 3 is 2.44 bits per heavy atom. The average Bonchev–Trinajstić information content (AvgIpc) is 2.84. The van der Waals surface area contributed by atoms with Crippen molar-refractivity contribution < 1.29 is 4.79 Å². The maximum Gasteiger partial charge on any atom is 0.318 e. The topological polar surface area (TPSA) is 48.5 Å². The summed E-state index contributed by atoms with van der Waals surface area (Å²) in [6.07, 6.45) is 4.65. The largest absolute Gasteiger partial charge is 0.338 e. The monoisotopic (exact) mass is 426 g/mol. The van der Waals surface area contributed by atoms with E-state index in [0.717, 1.165) is 44.6 Å². The molecule has 32 heavy (non-hydrogen) atoms. The van der Waals surface area contributed by atoms with E-state index in [0.29, 0.717) is 6.54 Å². The van der Waals surface area contributed by atoms with E-state index in [1.165, 1.54) is 16.7 Å². The molecule has 2 aromatic carbocycles. The zero-order valence-electron chi connectivity index (χ0n) is 18.4. The number of nitrogens with one attached hydrogen (secondary N) is 1. The smallest absolute Gasteiger partial charge is 0.318 e. The lowest BCUT2D eigenvalue weighted by Crippen LogP contribution is -2.53. The fraction of sp³-hybridized carbons (Fsp3) is 0.333. The van der Waals surface area contributed by atoms with Crippen molar-refractivity contribution in [3.05, 3.63) is 101 Å². The maximum absolute atomic E-state index is 13.4. The molecule has 1 unspecified atom stereocenters. The molecule has 5 nitrogen and oxygen atoms in total. The van der Waals surface area contributed by atoms with Crippen LogP contribution >= 0.6 is 0 Å². The third kappa shape index (κ3) is 4.39. The van der Waals surface area contributed by atoms with E-state index in [4.69, 9.17) is 0 Å². The molecule has 1 atom stereocenters. The van der Waals surface area contributed by atoms with Crippen LogP contribution in [0.15, 0.2) is 79.0 Å². The standard InChI is InChI=1S/C27H30N4O/c32-27-29-17-13-21-8-4-5-12-25(21)26(22-9-2-1-3-10-22)31(27)24-14-18-30(19-15-24)20-23-11-6-7-16-28-23/h1-12,16,24,26H,13-15,17-20H2,(H,29,32). The molecule has 1 aromatic heterocycles. The minimum Gasteiger partial charge on any atom is -0.338 e. The molecule has 0 spiro atoms. The highest BCUT2D eigenvalue weighted by Crippen LogP contribution is 2.36. The Bertz CT molecular complexity index is 1030. The number of likely N-dealkylation sites (tertiary alicyclic amines) is 1. The van der Waals surface area contributed by atoms with Gasteiger partial charge in [-0.05, 0) is 48.1 Å². The van der Waals surface area contributed by atoms with Crippen LogP contribution in [-0.2, 0) is 13.0 Å². The maximum atomic E-state index is 13.4. The van der Waals surface area contributed by atoms with Gasteiger partial charge in [-0.2, -0.15) is 0 Å². The van der Waals surface area contributed by atoms with Crippen molar-refractivity contribution in [1.82, 2.24) is 20.1 Å². The molecule has 2 aliphatic rings. The van der Waals surface area contributed by atoms with Gasteiger partial charge < -0.3 is 10.2 Å². The van der Waals surface area contributed by atoms with Crippen LogP contribution in [0.25, 0.3) is 0 Å². The molecule has 3 aromatic rings. The molecule has 1 saturated heterocycles. The van der Waals surface area contributed by atoms with Crippen molar-refractivity contribution in [2.45, 2.75) is 37.9 Å². The molecule has 3 heterocycles. The number of fused-ring (bicyclic) bond motifs is 1. The van der Waals surface area contributed by atoms with E-state index in [2.05, 4.69) is 74.7 Å². The van der Waals surface area contributed by atoms with E-state index < -0.39 is 0 Å². The van der Waals surface area contributed by atoms with Crippen molar-refractivity contribution in [3.8, 4) is 0 Å². The predicted octanol–water partition coefficient (Wildman–Crippen LogP) is 4.40. The number of hydrogen-bond acceptors (Lipinski definition) is 3. The van der Waals surface area contributed by atoms with E-state index in [1.54, 1.807) is 0 Å². The number of amides is 2. The van der Waals surface area contributed by atoms with Gasteiger partial charge in [0.2, 0.25) is 0 Å². The van der Waals surface area contributed by atoms with Crippen molar-refractivity contribution in [2.75, 3.05) is 19.6 Å². The number of rotatable bonds is 4. The van der Waals surface area contributed by atoms with Gasteiger partial charge in [0.05, 0.1) is 11.7 Å². The summed E-state index contributed by atoms with van der Waals surface area (Å²) >= 11 is 0. The van der Waals surface area contributed by atoms with Gasteiger partial charge in [-0.25, -0.2) is 4.79 Å². The number of urea groups is 1. The average molecular weight is 427 g/mol. The first-order valence-electron chi connectivity index (χ1n) is 11.6. The Labute approximate surface area is 190 Å². The summed E-state index contributed by atoms with van der Waals surface area (Å²) in [5.41, 5.74) is 4.85.